The summed E-state index contributed by atoms with van der Waals surface area (Å²) in [5, 5.41) is 3.42. The summed E-state index contributed by atoms with van der Waals surface area (Å²) in [4.78, 5) is 2.61. The van der Waals surface area contributed by atoms with Gasteiger partial charge >= 0.3 is 0 Å². The number of thioether (sulfide) groups is 1. The molecule has 3 heteroatoms. The minimum absolute atomic E-state index is 0.722. The maximum absolute atomic E-state index is 3.42. The summed E-state index contributed by atoms with van der Waals surface area (Å²) >= 11 is 2.09. The second-order valence-corrected chi connectivity index (χ2v) is 6.21. The molecule has 17 heavy (non-hydrogen) atoms. The van der Waals surface area contributed by atoms with E-state index in [0.29, 0.717) is 0 Å². The van der Waals surface area contributed by atoms with E-state index in [1.54, 1.807) is 0 Å². The first-order valence-electron chi connectivity index (χ1n) is 6.50. The van der Waals surface area contributed by atoms with E-state index in [4.69, 9.17) is 0 Å². The SMILES string of the molecule is CC1CSCCN1Cc1ccc2c(c1)CCN2. The molecule has 0 aliphatic carbocycles. The number of rotatable bonds is 2. The molecule has 1 fully saturated rings. The van der Waals surface area contributed by atoms with E-state index in [1.165, 1.54) is 41.3 Å². The van der Waals surface area contributed by atoms with Crippen LogP contribution in [-0.2, 0) is 13.0 Å². The molecular formula is C14H20N2S. The van der Waals surface area contributed by atoms with Crippen LogP contribution < -0.4 is 5.32 Å². The zero-order chi connectivity index (χ0) is 11.7. The molecule has 1 saturated heterocycles. The summed E-state index contributed by atoms with van der Waals surface area (Å²) in [5.74, 6) is 2.57. The second-order valence-electron chi connectivity index (χ2n) is 5.06. The molecule has 0 radical (unpaired) electrons. The molecule has 2 aliphatic rings. The van der Waals surface area contributed by atoms with Crippen molar-refractivity contribution in [1.82, 2.24) is 4.90 Å². The van der Waals surface area contributed by atoms with Gasteiger partial charge in [-0.1, -0.05) is 12.1 Å². The highest BCUT2D eigenvalue weighted by Crippen LogP contribution is 2.25. The van der Waals surface area contributed by atoms with E-state index >= 15 is 0 Å². The molecule has 1 aromatic rings. The lowest BCUT2D eigenvalue weighted by Gasteiger charge is -2.33. The smallest absolute Gasteiger partial charge is 0.0373 e. The lowest BCUT2D eigenvalue weighted by molar-refractivity contribution is 0.224. The monoisotopic (exact) mass is 248 g/mol. The van der Waals surface area contributed by atoms with Crippen molar-refractivity contribution in [3.63, 3.8) is 0 Å². The topological polar surface area (TPSA) is 15.3 Å². The van der Waals surface area contributed by atoms with Gasteiger partial charge in [-0.15, -0.1) is 0 Å². The lowest BCUT2D eigenvalue weighted by Crippen LogP contribution is -2.39. The van der Waals surface area contributed by atoms with Gasteiger partial charge in [0, 0.05) is 42.9 Å². The van der Waals surface area contributed by atoms with Crippen LogP contribution in [0.1, 0.15) is 18.1 Å². The number of benzene rings is 1. The number of hydrogen-bond acceptors (Lipinski definition) is 3. The standard InChI is InChI=1S/C14H20N2S/c1-11-10-17-7-6-16(11)9-12-2-3-14-13(8-12)4-5-15-14/h2-3,8,11,15H,4-7,9-10H2,1H3. The molecule has 2 aliphatic heterocycles. The summed E-state index contributed by atoms with van der Waals surface area (Å²) in [6.45, 7) is 5.81. The van der Waals surface area contributed by atoms with Crippen LogP contribution in [0.5, 0.6) is 0 Å². The Bertz CT molecular complexity index is 405. The van der Waals surface area contributed by atoms with Gasteiger partial charge in [0.25, 0.3) is 0 Å². The van der Waals surface area contributed by atoms with E-state index in [1.807, 2.05) is 0 Å². The molecule has 3 rings (SSSR count). The molecule has 1 atom stereocenters. The molecule has 0 spiro atoms. The molecule has 1 aromatic carbocycles. The van der Waals surface area contributed by atoms with Crippen LogP contribution >= 0.6 is 11.8 Å². The van der Waals surface area contributed by atoms with Crippen LogP contribution in [0.25, 0.3) is 0 Å². The fraction of sp³-hybridized carbons (Fsp3) is 0.571. The minimum atomic E-state index is 0.722. The van der Waals surface area contributed by atoms with Gasteiger partial charge < -0.3 is 5.32 Å². The third-order valence-corrected chi connectivity index (χ3v) is 4.96. The lowest BCUT2D eigenvalue weighted by atomic mass is 10.1. The zero-order valence-corrected chi connectivity index (χ0v) is 11.2. The van der Waals surface area contributed by atoms with Crippen LogP contribution in [0.3, 0.4) is 0 Å². The largest absolute Gasteiger partial charge is 0.384 e. The first kappa shape index (κ1) is 11.4. The van der Waals surface area contributed by atoms with Crippen molar-refractivity contribution in [3.8, 4) is 0 Å². The highest BCUT2D eigenvalue weighted by molar-refractivity contribution is 7.99. The average Bonchev–Trinajstić information content (AvgIpc) is 2.79. The van der Waals surface area contributed by atoms with Gasteiger partial charge in [0.2, 0.25) is 0 Å². The van der Waals surface area contributed by atoms with Crippen molar-refractivity contribution < 1.29 is 0 Å². The Morgan fingerprint density at radius 2 is 2.41 bits per heavy atom. The fourth-order valence-electron chi connectivity index (χ4n) is 2.69. The fourth-order valence-corrected chi connectivity index (χ4v) is 3.77. The van der Waals surface area contributed by atoms with Crippen LogP contribution in [0.15, 0.2) is 18.2 Å². The maximum atomic E-state index is 3.42. The van der Waals surface area contributed by atoms with Gasteiger partial charge in [0.15, 0.2) is 0 Å². The van der Waals surface area contributed by atoms with Gasteiger partial charge in [0.1, 0.15) is 0 Å². The summed E-state index contributed by atoms with van der Waals surface area (Å²) in [6, 6.07) is 7.65. The Morgan fingerprint density at radius 3 is 3.29 bits per heavy atom. The number of anilines is 1. The molecule has 2 heterocycles. The third kappa shape index (κ3) is 2.45. The molecule has 1 unspecified atom stereocenters. The molecule has 2 nitrogen and oxygen atoms in total. The Balaban J connectivity index is 1.72. The van der Waals surface area contributed by atoms with E-state index in [-0.39, 0.29) is 0 Å². The van der Waals surface area contributed by atoms with Crippen molar-refractivity contribution in [3.05, 3.63) is 29.3 Å². The Kier molecular flexibility index (Phi) is 3.30. The molecule has 1 N–H and O–H groups in total. The van der Waals surface area contributed by atoms with Gasteiger partial charge in [-0.2, -0.15) is 11.8 Å². The maximum Gasteiger partial charge on any atom is 0.0373 e. The minimum Gasteiger partial charge on any atom is -0.384 e. The quantitative estimate of drug-likeness (QED) is 0.866. The van der Waals surface area contributed by atoms with Crippen molar-refractivity contribution in [2.75, 3.05) is 29.9 Å². The van der Waals surface area contributed by atoms with E-state index in [2.05, 4.69) is 47.1 Å². The number of nitrogens with zero attached hydrogens (tertiary/aromatic N) is 1. The number of hydrogen-bond donors (Lipinski definition) is 1. The first-order chi connectivity index (χ1) is 8.33. The van der Waals surface area contributed by atoms with Crippen LogP contribution in [-0.4, -0.2) is 35.5 Å². The van der Waals surface area contributed by atoms with Crippen LogP contribution in [0, 0.1) is 0 Å². The van der Waals surface area contributed by atoms with Gasteiger partial charge in [-0.25, -0.2) is 0 Å². The van der Waals surface area contributed by atoms with Crippen LogP contribution in [0.2, 0.25) is 0 Å². The second kappa shape index (κ2) is 4.91. The molecule has 92 valence electrons. The molecular weight excluding hydrogens is 228 g/mol. The van der Waals surface area contributed by atoms with Gasteiger partial charge in [0.05, 0.1) is 0 Å². The van der Waals surface area contributed by atoms with E-state index in [0.717, 1.165) is 19.1 Å². The summed E-state index contributed by atoms with van der Waals surface area (Å²) in [5.41, 5.74) is 4.32. The highest BCUT2D eigenvalue weighted by Gasteiger charge is 2.19. The highest BCUT2D eigenvalue weighted by atomic mass is 32.2. The third-order valence-electron chi connectivity index (χ3n) is 3.77. The molecule has 0 saturated carbocycles. The zero-order valence-electron chi connectivity index (χ0n) is 10.4. The summed E-state index contributed by atoms with van der Waals surface area (Å²) in [6.07, 6.45) is 1.19. The van der Waals surface area contributed by atoms with Crippen molar-refractivity contribution in [2.45, 2.75) is 25.9 Å². The number of fused-ring (bicyclic) bond motifs is 1. The normalized spacial score (nSPS) is 24.4. The number of nitrogens with one attached hydrogen (secondary N) is 1. The Labute approximate surface area is 108 Å². The van der Waals surface area contributed by atoms with Crippen molar-refractivity contribution in [1.29, 1.82) is 0 Å². The van der Waals surface area contributed by atoms with Gasteiger partial charge in [-0.3, -0.25) is 4.90 Å². The summed E-state index contributed by atoms with van der Waals surface area (Å²) in [7, 11) is 0. The van der Waals surface area contributed by atoms with Gasteiger partial charge in [-0.05, 0) is 30.5 Å². The molecule has 0 amide bonds. The van der Waals surface area contributed by atoms with Crippen molar-refractivity contribution in [2.24, 2.45) is 0 Å². The Morgan fingerprint density at radius 1 is 1.47 bits per heavy atom. The summed E-state index contributed by atoms with van der Waals surface area (Å²) < 4.78 is 0. The predicted octanol–water partition coefficient (Wildman–Crippen LogP) is 2.59. The van der Waals surface area contributed by atoms with Crippen LogP contribution in [0.4, 0.5) is 5.69 Å². The average molecular weight is 248 g/mol. The Hall–Kier alpha value is -0.670. The first-order valence-corrected chi connectivity index (χ1v) is 7.66. The predicted molar refractivity (Wildman–Crippen MR) is 75.8 cm³/mol. The van der Waals surface area contributed by atoms with E-state index in [9.17, 15) is 0 Å². The molecule has 0 aromatic heterocycles. The van der Waals surface area contributed by atoms with E-state index < -0.39 is 0 Å². The van der Waals surface area contributed by atoms with Crippen molar-refractivity contribution >= 4 is 17.4 Å². The molecule has 0 bridgehead atoms.